The van der Waals surface area contributed by atoms with Crippen LogP contribution in [0.4, 0.5) is 24.5 Å². The Kier molecular flexibility index (Phi) is 15.6. The molecule has 4 aromatic carbocycles. The van der Waals surface area contributed by atoms with Gasteiger partial charge in [-0.05, 0) is 112 Å². The Morgan fingerprint density at radius 1 is 0.951 bits per heavy atom. The summed E-state index contributed by atoms with van der Waals surface area (Å²) in [5.41, 5.74) is 4.21. The summed E-state index contributed by atoms with van der Waals surface area (Å²) in [5, 5.41) is 16.9. The molecule has 61 heavy (non-hydrogen) atoms. The second-order valence-corrected chi connectivity index (χ2v) is 14.3. The van der Waals surface area contributed by atoms with E-state index >= 15 is 0 Å². The number of nitrogens with one attached hydrogen (secondary N) is 7. The normalized spacial score (nSPS) is 13.6. The van der Waals surface area contributed by atoms with Crippen LogP contribution >= 0.6 is 11.6 Å². The van der Waals surface area contributed by atoms with Gasteiger partial charge >= 0.3 is 6.18 Å². The third-order valence-electron chi connectivity index (χ3n) is 9.22. The van der Waals surface area contributed by atoms with E-state index in [9.17, 15) is 37.1 Å². The molecule has 2 aromatic heterocycles. The number of aromatic amines is 2. The zero-order valence-electron chi connectivity index (χ0n) is 33.5. The Morgan fingerprint density at radius 3 is 2.33 bits per heavy atom. The Hall–Kier alpha value is -6.72. The van der Waals surface area contributed by atoms with Crippen molar-refractivity contribution >= 4 is 58.1 Å². The van der Waals surface area contributed by atoms with Crippen LogP contribution in [-0.4, -0.2) is 70.6 Å². The van der Waals surface area contributed by atoms with Crippen LogP contribution in [0.1, 0.15) is 53.2 Å². The summed E-state index contributed by atoms with van der Waals surface area (Å²) in [4.78, 5) is 66.5. The van der Waals surface area contributed by atoms with Crippen molar-refractivity contribution in [3.05, 3.63) is 129 Å². The molecule has 1 unspecified atom stereocenters. The second kappa shape index (κ2) is 21.0. The van der Waals surface area contributed by atoms with E-state index in [1.54, 1.807) is 48.5 Å². The molecule has 320 valence electrons. The average Bonchev–Trinajstić information content (AvgIpc) is 3.81. The van der Waals surface area contributed by atoms with Gasteiger partial charge in [-0.25, -0.2) is 4.98 Å². The number of nitrogens with zero attached hydrogens (tertiary/aromatic N) is 2. The number of anilines is 2. The molecular formula is C43H45ClF3N9O5. The van der Waals surface area contributed by atoms with Gasteiger partial charge in [0.15, 0.2) is 0 Å². The quantitative estimate of drug-likeness (QED) is 0.0527. The summed E-state index contributed by atoms with van der Waals surface area (Å²) >= 11 is 6.06. The van der Waals surface area contributed by atoms with Crippen LogP contribution in [0.5, 0.6) is 0 Å². The number of halogens is 4. The van der Waals surface area contributed by atoms with Gasteiger partial charge in [-0.2, -0.15) is 17.9 Å². The summed E-state index contributed by atoms with van der Waals surface area (Å²) in [6.07, 6.45) is -1.52. The van der Waals surface area contributed by atoms with E-state index in [1.165, 1.54) is 16.8 Å². The number of hydrogen-bond acceptors (Lipinski definition) is 8. The van der Waals surface area contributed by atoms with Crippen molar-refractivity contribution in [1.82, 2.24) is 35.7 Å². The van der Waals surface area contributed by atoms with Crippen molar-refractivity contribution in [2.45, 2.75) is 51.2 Å². The van der Waals surface area contributed by atoms with E-state index in [-0.39, 0.29) is 29.7 Å². The molecule has 0 radical (unpaired) electrons. The maximum absolute atomic E-state index is 13.5. The maximum atomic E-state index is 13.5. The predicted octanol–water partition coefficient (Wildman–Crippen LogP) is 6.61. The zero-order chi connectivity index (χ0) is 44.1. The fourth-order valence-electron chi connectivity index (χ4n) is 6.21. The van der Waals surface area contributed by atoms with Gasteiger partial charge in [-0.1, -0.05) is 48.9 Å². The summed E-state index contributed by atoms with van der Waals surface area (Å²) in [6, 6.07) is 23.3. The van der Waals surface area contributed by atoms with E-state index in [4.69, 9.17) is 11.6 Å². The summed E-state index contributed by atoms with van der Waals surface area (Å²) in [7, 11) is 3.75. The average molecular weight is 860 g/mol. The molecule has 14 nitrogen and oxygen atoms in total. The summed E-state index contributed by atoms with van der Waals surface area (Å²) in [6.45, 7) is 2.89. The number of carbonyl (C=O) groups is 4. The molecule has 6 aromatic rings. The van der Waals surface area contributed by atoms with Crippen molar-refractivity contribution in [2.24, 2.45) is 0 Å². The van der Waals surface area contributed by atoms with Crippen molar-refractivity contribution in [2.75, 3.05) is 31.3 Å². The van der Waals surface area contributed by atoms with Gasteiger partial charge in [0.25, 0.3) is 11.5 Å². The monoisotopic (exact) mass is 859 g/mol. The highest BCUT2D eigenvalue weighted by Crippen LogP contribution is 2.31. The van der Waals surface area contributed by atoms with Crippen LogP contribution in [0.15, 0.2) is 95.8 Å². The zero-order valence-corrected chi connectivity index (χ0v) is 34.3. The number of rotatable bonds is 12. The van der Waals surface area contributed by atoms with E-state index < -0.39 is 23.7 Å². The molecule has 0 spiro atoms. The smallest absolute Gasteiger partial charge is 0.385 e. The number of aromatic nitrogens is 4. The topological polar surface area (TPSA) is 195 Å². The fraction of sp³-hybridized carbons (Fsp3) is 0.256. The van der Waals surface area contributed by atoms with Crippen LogP contribution in [-0.2, 0) is 33.4 Å². The summed E-state index contributed by atoms with van der Waals surface area (Å²) < 4.78 is 40.5. The van der Waals surface area contributed by atoms with Gasteiger partial charge in [-0.15, -0.1) is 0 Å². The molecule has 7 N–H and O–H groups in total. The van der Waals surface area contributed by atoms with Crippen LogP contribution in [0.2, 0.25) is 5.02 Å². The van der Waals surface area contributed by atoms with E-state index in [0.29, 0.717) is 69.8 Å². The molecule has 18 heteroatoms. The van der Waals surface area contributed by atoms with Crippen LogP contribution in [0.25, 0.3) is 28.2 Å². The van der Waals surface area contributed by atoms with Crippen LogP contribution in [0, 0.1) is 0 Å². The Labute approximate surface area is 353 Å². The first kappa shape index (κ1) is 45.4. The highest BCUT2D eigenvalue weighted by molar-refractivity contribution is 6.31. The molecule has 1 atom stereocenters. The number of H-pyrrole nitrogens is 2. The number of aryl methyl sites for hydroxylation is 1. The third-order valence-corrected chi connectivity index (χ3v) is 9.46. The fourth-order valence-corrected chi connectivity index (χ4v) is 6.38. The highest BCUT2D eigenvalue weighted by atomic mass is 35.5. The minimum Gasteiger partial charge on any atom is -0.385 e. The molecule has 0 saturated carbocycles. The minimum absolute atomic E-state index is 0.228. The number of carbonyl (C=O) groups excluding carboxylic acids is 4. The first-order chi connectivity index (χ1) is 29.2. The van der Waals surface area contributed by atoms with Crippen molar-refractivity contribution in [1.29, 1.82) is 0 Å². The first-order valence-corrected chi connectivity index (χ1v) is 19.7. The van der Waals surface area contributed by atoms with Gasteiger partial charge in [0.1, 0.15) is 6.04 Å². The number of alkyl halides is 3. The van der Waals surface area contributed by atoms with Crippen molar-refractivity contribution < 1.29 is 32.3 Å². The van der Waals surface area contributed by atoms with Crippen LogP contribution in [0.3, 0.4) is 0 Å². The first-order valence-electron chi connectivity index (χ1n) is 19.3. The Balaban J connectivity index is 0.000000248. The number of imidazole rings is 1. The summed E-state index contributed by atoms with van der Waals surface area (Å²) in [5.74, 6) is -0.827. The lowest BCUT2D eigenvalue weighted by molar-refractivity contribution is -0.138. The molecule has 3 heterocycles. The maximum Gasteiger partial charge on any atom is 0.416 e. The molecule has 1 fully saturated rings. The third kappa shape index (κ3) is 12.2. The van der Waals surface area contributed by atoms with Crippen LogP contribution < -0.4 is 32.1 Å². The van der Waals surface area contributed by atoms with E-state index in [2.05, 4.69) is 48.6 Å². The number of piperidine rings is 1. The Morgan fingerprint density at radius 2 is 1.67 bits per heavy atom. The molecule has 1 aliphatic rings. The van der Waals surface area contributed by atoms with Gasteiger partial charge < -0.3 is 26.3 Å². The van der Waals surface area contributed by atoms with Gasteiger partial charge in [0, 0.05) is 40.5 Å². The molecule has 0 aliphatic carbocycles. The van der Waals surface area contributed by atoms with Gasteiger partial charge in [-0.3, -0.25) is 34.4 Å². The standard InChI is InChI=1S/C26H19ClF3N5O2.C15H19N3O3.C2H7N/c27-18-8-12-21-22(13-18)33-25(32-21)35-24(37)20(11-3-15-1-9-19(10-2-15)31-14-36)23(34-35)16-4-6-17(7-5-16)26(28,29)30;1-2-8-16-11-5-3-4-10(9-11)14(20)17-12-6-7-13(19)18-15(12)21;1-3-2/h1-2,4-10,12-14,34H,3,11H2,(H,31,36)(H,32,33);3-5,9,12,16H,2,6-8H2,1H3,(H,17,20)(H,18,19,21);3H,1-2H3. The highest BCUT2D eigenvalue weighted by Gasteiger charge is 2.31. The Bertz CT molecular complexity index is 2520. The van der Waals surface area contributed by atoms with E-state index in [1.807, 2.05) is 32.3 Å². The molecule has 1 saturated heterocycles. The number of benzene rings is 4. The number of fused-ring (bicyclic) bond motifs is 1. The van der Waals surface area contributed by atoms with E-state index in [0.717, 1.165) is 36.3 Å². The number of amides is 4. The van der Waals surface area contributed by atoms with Gasteiger partial charge in [0.2, 0.25) is 24.2 Å². The predicted molar refractivity (Wildman–Crippen MR) is 229 cm³/mol. The molecule has 0 bridgehead atoms. The SMILES string of the molecule is CCCNc1cccc(C(=O)NC2CCC(=O)NC2=O)c1.CNC.O=CNc1ccc(CCc2c(-c3ccc(C(F)(F)F)cc3)[nH]n(-c3nc4ccc(Cl)cc4[nH]3)c2=O)cc1. The lowest BCUT2D eigenvalue weighted by Crippen LogP contribution is -2.52. The molecule has 7 rings (SSSR count). The number of imide groups is 1. The van der Waals surface area contributed by atoms with Gasteiger partial charge in [0.05, 0.1) is 22.3 Å². The minimum atomic E-state index is -4.47. The van der Waals surface area contributed by atoms with Crippen molar-refractivity contribution in [3.63, 3.8) is 0 Å². The van der Waals surface area contributed by atoms with Crippen molar-refractivity contribution in [3.8, 4) is 17.2 Å². The number of hydrogen-bond donors (Lipinski definition) is 7. The molecule has 1 aliphatic heterocycles. The lowest BCUT2D eigenvalue weighted by atomic mass is 10.0. The lowest BCUT2D eigenvalue weighted by Gasteiger charge is -2.21. The molecular weight excluding hydrogens is 815 g/mol. The molecule has 4 amide bonds. The largest absolute Gasteiger partial charge is 0.416 e. The second-order valence-electron chi connectivity index (χ2n) is 13.8.